The Morgan fingerprint density at radius 3 is 2.59 bits per heavy atom. The van der Waals surface area contributed by atoms with Crippen molar-refractivity contribution in [2.75, 3.05) is 20.7 Å². The fourth-order valence-electron chi connectivity index (χ4n) is 4.30. The molecule has 10 heteroatoms. The van der Waals surface area contributed by atoms with Gasteiger partial charge in [-0.1, -0.05) is 36.4 Å². The maximum atomic E-state index is 12.9. The van der Waals surface area contributed by atoms with Crippen LogP contribution in [0.15, 0.2) is 46.9 Å². The van der Waals surface area contributed by atoms with Gasteiger partial charge in [0.1, 0.15) is 5.76 Å². The van der Waals surface area contributed by atoms with Crippen LogP contribution in [0.25, 0.3) is 22.4 Å². The molecule has 1 unspecified atom stereocenters. The Morgan fingerprint density at radius 1 is 1.30 bits per heavy atom. The number of amides is 1. The summed E-state index contributed by atoms with van der Waals surface area (Å²) in [5, 5.41) is 3.30. The number of carbonyl (C=O) groups is 2. The van der Waals surface area contributed by atoms with E-state index in [2.05, 4.69) is 16.6 Å². The molecule has 2 aromatic heterocycles. The summed E-state index contributed by atoms with van der Waals surface area (Å²) in [7, 11) is 2.85. The Bertz CT molecular complexity index is 1360. The van der Waals surface area contributed by atoms with E-state index in [1.807, 2.05) is 37.3 Å². The summed E-state index contributed by atoms with van der Waals surface area (Å²) in [5.74, 6) is -0.111. The Kier molecular flexibility index (Phi) is 8.21. The lowest BCUT2D eigenvalue weighted by atomic mass is 10.0. The van der Waals surface area contributed by atoms with Gasteiger partial charge in [0.15, 0.2) is 0 Å². The third-order valence-electron chi connectivity index (χ3n) is 6.48. The van der Waals surface area contributed by atoms with Crippen molar-refractivity contribution < 1.29 is 27.5 Å². The zero-order valence-electron chi connectivity index (χ0n) is 21.2. The van der Waals surface area contributed by atoms with E-state index in [0.717, 1.165) is 29.5 Å². The summed E-state index contributed by atoms with van der Waals surface area (Å²) >= 11 is -2.50. The second-order valence-electron chi connectivity index (χ2n) is 9.18. The van der Waals surface area contributed by atoms with Crippen LogP contribution in [0.1, 0.15) is 58.8 Å². The summed E-state index contributed by atoms with van der Waals surface area (Å²) < 4.78 is 36.1. The highest BCUT2D eigenvalue weighted by molar-refractivity contribution is 7.76. The number of rotatable bonds is 11. The van der Waals surface area contributed by atoms with Gasteiger partial charge in [-0.2, -0.15) is 0 Å². The standard InChI is InChI=1S/C27H31N3O6S/c1-16-7-9-19(10-8-16)24-23(25(31)28-3)21-14-20(18-11-12-18)22(29-26(21)36-24)15-30(37(33)34)13-5-6-17(2)27(32)35-4/h7-10,14,18H,2,5-6,11-13,15H2,1,3-4H3,(H,28,31)(H,33,34)/p-1. The van der Waals surface area contributed by atoms with E-state index in [1.54, 1.807) is 7.05 Å². The third-order valence-corrected chi connectivity index (χ3v) is 7.21. The molecule has 1 atom stereocenters. The topological polar surface area (TPSA) is 125 Å². The van der Waals surface area contributed by atoms with Gasteiger partial charge in [0, 0.05) is 36.0 Å². The van der Waals surface area contributed by atoms with Gasteiger partial charge < -0.3 is 19.0 Å². The first-order valence-electron chi connectivity index (χ1n) is 12.1. The molecule has 1 aromatic carbocycles. The van der Waals surface area contributed by atoms with Crippen molar-refractivity contribution in [2.24, 2.45) is 0 Å². The Balaban J connectivity index is 1.70. The number of furan rings is 1. The van der Waals surface area contributed by atoms with Gasteiger partial charge in [-0.15, -0.1) is 0 Å². The molecular weight excluding hydrogens is 494 g/mol. The van der Waals surface area contributed by atoms with Gasteiger partial charge in [0.2, 0.25) is 5.71 Å². The van der Waals surface area contributed by atoms with Gasteiger partial charge in [0.25, 0.3) is 5.91 Å². The number of hydrogen-bond acceptors (Lipinski definition) is 7. The quantitative estimate of drug-likeness (QED) is 0.227. The maximum absolute atomic E-state index is 12.9. The molecule has 196 valence electrons. The monoisotopic (exact) mass is 524 g/mol. The smallest absolute Gasteiger partial charge is 0.333 e. The largest absolute Gasteiger partial charge is 0.760 e. The van der Waals surface area contributed by atoms with Gasteiger partial charge in [-0.05, 0) is 50.2 Å². The van der Waals surface area contributed by atoms with Crippen LogP contribution in [-0.4, -0.2) is 50.6 Å². The molecule has 4 rings (SSSR count). The van der Waals surface area contributed by atoms with Crippen molar-refractivity contribution in [3.8, 4) is 11.3 Å². The average Bonchev–Trinajstić information content (AvgIpc) is 3.67. The number of pyridine rings is 1. The van der Waals surface area contributed by atoms with Crippen molar-refractivity contribution in [3.05, 3.63) is 64.9 Å². The summed E-state index contributed by atoms with van der Waals surface area (Å²) in [5.41, 5.74) is 4.33. The number of benzene rings is 1. The lowest BCUT2D eigenvalue weighted by Gasteiger charge is -2.25. The highest BCUT2D eigenvalue weighted by atomic mass is 32.2. The summed E-state index contributed by atoms with van der Waals surface area (Å²) in [6, 6.07) is 9.60. The van der Waals surface area contributed by atoms with Crippen LogP contribution in [0.5, 0.6) is 0 Å². The number of nitrogens with one attached hydrogen (secondary N) is 1. The Hall–Kier alpha value is -3.34. The summed E-state index contributed by atoms with van der Waals surface area (Å²) in [6.07, 6.45) is 2.66. The van der Waals surface area contributed by atoms with E-state index in [9.17, 15) is 18.4 Å². The number of aromatic nitrogens is 1. The number of hydrogen-bond donors (Lipinski definition) is 1. The van der Waals surface area contributed by atoms with E-state index >= 15 is 0 Å². The lowest BCUT2D eigenvalue weighted by molar-refractivity contribution is -0.136. The van der Waals surface area contributed by atoms with Crippen LogP contribution in [-0.2, 0) is 27.3 Å². The number of fused-ring (bicyclic) bond motifs is 1. The molecule has 0 spiro atoms. The molecule has 1 amide bonds. The van der Waals surface area contributed by atoms with E-state index in [-0.39, 0.29) is 30.6 Å². The molecule has 1 saturated carbocycles. The summed E-state index contributed by atoms with van der Waals surface area (Å²) in [6.45, 7) is 5.91. The summed E-state index contributed by atoms with van der Waals surface area (Å²) in [4.78, 5) is 29.2. The molecule has 1 aliphatic rings. The van der Waals surface area contributed by atoms with Crippen LogP contribution in [0.2, 0.25) is 0 Å². The minimum absolute atomic E-state index is 0.0540. The van der Waals surface area contributed by atoms with Gasteiger partial charge in [0.05, 0.1) is 30.3 Å². The molecule has 1 N–H and O–H groups in total. The van der Waals surface area contributed by atoms with Crippen LogP contribution in [0.3, 0.4) is 0 Å². The first kappa shape index (κ1) is 26.7. The van der Waals surface area contributed by atoms with Gasteiger partial charge in [-0.25, -0.2) is 14.1 Å². The molecule has 1 fully saturated rings. The average molecular weight is 525 g/mol. The molecule has 1 aliphatic carbocycles. The fourth-order valence-corrected chi connectivity index (χ4v) is 4.80. The molecule has 0 aliphatic heterocycles. The first-order chi connectivity index (χ1) is 17.7. The van der Waals surface area contributed by atoms with E-state index in [0.29, 0.717) is 40.8 Å². The molecule has 2 heterocycles. The molecule has 0 bridgehead atoms. The van der Waals surface area contributed by atoms with Crippen molar-refractivity contribution in [1.29, 1.82) is 0 Å². The predicted molar refractivity (Wildman–Crippen MR) is 139 cm³/mol. The highest BCUT2D eigenvalue weighted by Gasteiger charge is 2.31. The molecule has 0 saturated heterocycles. The zero-order chi connectivity index (χ0) is 26.7. The molecule has 37 heavy (non-hydrogen) atoms. The lowest BCUT2D eigenvalue weighted by Crippen LogP contribution is -2.27. The van der Waals surface area contributed by atoms with Gasteiger partial charge in [-0.3, -0.25) is 9.00 Å². The molecule has 9 nitrogen and oxygen atoms in total. The second-order valence-corrected chi connectivity index (χ2v) is 10.1. The number of carbonyl (C=O) groups excluding carboxylic acids is 2. The second kappa shape index (κ2) is 11.4. The Labute approximate surface area is 218 Å². The van der Waals surface area contributed by atoms with Crippen molar-refractivity contribution in [2.45, 2.75) is 45.1 Å². The van der Waals surface area contributed by atoms with E-state index < -0.39 is 17.2 Å². The number of nitrogens with zero attached hydrogens (tertiary/aromatic N) is 2. The van der Waals surface area contributed by atoms with Crippen LogP contribution < -0.4 is 5.32 Å². The molecule has 3 aromatic rings. The first-order valence-corrected chi connectivity index (χ1v) is 13.1. The van der Waals surface area contributed by atoms with Crippen molar-refractivity contribution >= 4 is 34.2 Å². The predicted octanol–water partition coefficient (Wildman–Crippen LogP) is 4.15. The number of esters is 1. The third kappa shape index (κ3) is 5.98. The van der Waals surface area contributed by atoms with Crippen molar-refractivity contribution in [3.63, 3.8) is 0 Å². The number of ether oxygens (including phenoxy) is 1. The normalized spacial score (nSPS) is 14.1. The number of aryl methyl sites for hydroxylation is 1. The van der Waals surface area contributed by atoms with Crippen LogP contribution in [0.4, 0.5) is 0 Å². The molecular formula is C27H30N3O6S-. The minimum Gasteiger partial charge on any atom is -0.760 e. The molecule has 0 radical (unpaired) electrons. The van der Waals surface area contributed by atoms with E-state index in [1.165, 1.54) is 11.4 Å². The minimum atomic E-state index is -2.50. The van der Waals surface area contributed by atoms with Crippen molar-refractivity contribution in [1.82, 2.24) is 14.6 Å². The number of methoxy groups -OCH3 is 1. The van der Waals surface area contributed by atoms with Crippen LogP contribution in [0, 0.1) is 6.92 Å². The Morgan fingerprint density at radius 2 is 2.00 bits per heavy atom. The maximum Gasteiger partial charge on any atom is 0.333 e. The van der Waals surface area contributed by atoms with Crippen LogP contribution >= 0.6 is 0 Å². The highest BCUT2D eigenvalue weighted by Crippen LogP contribution is 2.44. The zero-order valence-corrected chi connectivity index (χ0v) is 22.0. The van der Waals surface area contributed by atoms with E-state index in [4.69, 9.17) is 9.40 Å². The SMILES string of the molecule is C=C(CCCN(Cc1nc2oc(-c3ccc(C)cc3)c(C(=O)NC)c2cc1C1CC1)S(=O)[O-])C(=O)OC. The van der Waals surface area contributed by atoms with Gasteiger partial charge >= 0.3 is 5.97 Å². The fraction of sp³-hybridized carbons (Fsp3) is 0.370.